The lowest BCUT2D eigenvalue weighted by Crippen LogP contribution is -2.56. The van der Waals surface area contributed by atoms with E-state index in [0.717, 1.165) is 0 Å². The highest BCUT2D eigenvalue weighted by molar-refractivity contribution is 5.94. The average molecular weight is 444 g/mol. The number of aliphatic imine (C=N–C) groups is 1. The lowest BCUT2D eigenvalue weighted by Gasteiger charge is -2.24. The third-order valence-electron chi connectivity index (χ3n) is 4.03. The Morgan fingerprint density at radius 1 is 0.871 bits per heavy atom. The summed E-state index contributed by atoms with van der Waals surface area (Å²) >= 11 is 0. The maximum absolute atomic E-state index is 12.7. The van der Waals surface area contributed by atoms with E-state index in [2.05, 4.69) is 20.9 Å². The van der Waals surface area contributed by atoms with E-state index < -0.39 is 53.8 Å². The summed E-state index contributed by atoms with van der Waals surface area (Å²) in [6.07, 6.45) is 0.0442. The number of carboxylic acid groups (broad SMARTS) is 1. The second-order valence-electron chi connectivity index (χ2n) is 6.93. The van der Waals surface area contributed by atoms with Gasteiger partial charge in [0.15, 0.2) is 5.96 Å². The Bertz CT molecular complexity index is 692. The predicted molar refractivity (Wildman–Crippen MR) is 111 cm³/mol. The first kappa shape index (κ1) is 27.6. The van der Waals surface area contributed by atoms with Crippen molar-refractivity contribution < 1.29 is 29.1 Å². The minimum atomic E-state index is -1.26. The van der Waals surface area contributed by atoms with E-state index in [0.29, 0.717) is 0 Å². The molecule has 4 unspecified atom stereocenters. The van der Waals surface area contributed by atoms with Crippen molar-refractivity contribution in [1.29, 1.82) is 0 Å². The molecule has 0 aliphatic rings. The lowest BCUT2D eigenvalue weighted by molar-refractivity contribution is -0.141. The zero-order valence-corrected chi connectivity index (χ0v) is 17.6. The van der Waals surface area contributed by atoms with Gasteiger partial charge in [0, 0.05) is 13.0 Å². The zero-order valence-electron chi connectivity index (χ0n) is 17.6. The molecule has 0 spiro atoms. The van der Waals surface area contributed by atoms with Crippen LogP contribution in [0.5, 0.6) is 0 Å². The highest BCUT2D eigenvalue weighted by Gasteiger charge is 2.28. The molecule has 0 saturated heterocycles. The Morgan fingerprint density at radius 2 is 1.39 bits per heavy atom. The van der Waals surface area contributed by atoms with Gasteiger partial charge in [0.25, 0.3) is 0 Å². The molecule has 0 saturated carbocycles. The van der Waals surface area contributed by atoms with Crippen LogP contribution in [0.1, 0.15) is 39.5 Å². The van der Waals surface area contributed by atoms with E-state index in [1.807, 2.05) is 0 Å². The third kappa shape index (κ3) is 12.0. The largest absolute Gasteiger partial charge is 0.480 e. The number of hydrogen-bond acceptors (Lipinski definition) is 7. The molecule has 0 bridgehead atoms. The summed E-state index contributed by atoms with van der Waals surface area (Å²) in [7, 11) is 0. The Morgan fingerprint density at radius 3 is 1.87 bits per heavy atom. The number of nitrogens with two attached hydrogens (primary N) is 4. The van der Waals surface area contributed by atoms with Crippen molar-refractivity contribution in [2.24, 2.45) is 27.9 Å². The van der Waals surface area contributed by atoms with Crippen LogP contribution in [0.4, 0.5) is 0 Å². The monoisotopic (exact) mass is 444 g/mol. The van der Waals surface area contributed by atoms with Crippen LogP contribution in [0.2, 0.25) is 0 Å². The summed E-state index contributed by atoms with van der Waals surface area (Å²) < 4.78 is 0. The summed E-state index contributed by atoms with van der Waals surface area (Å²) in [5.41, 5.74) is 21.1. The normalized spacial score (nSPS) is 14.3. The molecule has 4 atom stereocenters. The highest BCUT2D eigenvalue weighted by Crippen LogP contribution is 2.04. The molecule has 0 heterocycles. The molecule has 14 nitrogen and oxygen atoms in total. The fourth-order valence-corrected chi connectivity index (χ4v) is 2.28. The topological polar surface area (TPSA) is 258 Å². The van der Waals surface area contributed by atoms with Crippen molar-refractivity contribution in [2.45, 2.75) is 63.7 Å². The summed E-state index contributed by atoms with van der Waals surface area (Å²) in [5.74, 6) is -4.25. The van der Waals surface area contributed by atoms with Gasteiger partial charge in [-0.3, -0.25) is 29.0 Å². The number of primary amides is 1. The molecular formula is C17H32N8O6. The second-order valence-corrected chi connectivity index (χ2v) is 6.93. The summed E-state index contributed by atoms with van der Waals surface area (Å²) in [6, 6.07) is -4.45. The predicted octanol–water partition coefficient (Wildman–Crippen LogP) is -3.79. The maximum atomic E-state index is 12.7. The van der Waals surface area contributed by atoms with Gasteiger partial charge in [0.05, 0.1) is 6.04 Å². The molecule has 0 fully saturated rings. The molecule has 0 aromatic heterocycles. The molecule has 31 heavy (non-hydrogen) atoms. The fraction of sp³-hybridized carbons (Fsp3) is 0.647. The van der Waals surface area contributed by atoms with E-state index in [1.165, 1.54) is 13.8 Å². The summed E-state index contributed by atoms with van der Waals surface area (Å²) in [4.78, 5) is 63.0. The molecule has 12 N–H and O–H groups in total. The Balaban J connectivity index is 5.38. The van der Waals surface area contributed by atoms with Crippen molar-refractivity contribution in [2.75, 3.05) is 6.54 Å². The molecule has 0 radical (unpaired) electrons. The molecule has 0 rings (SSSR count). The van der Waals surface area contributed by atoms with E-state index in [4.69, 9.17) is 28.0 Å². The number of aliphatic carboxylic acids is 1. The first-order valence-electron chi connectivity index (χ1n) is 9.58. The van der Waals surface area contributed by atoms with Crippen molar-refractivity contribution >= 4 is 35.6 Å². The summed E-state index contributed by atoms with van der Waals surface area (Å²) in [6.45, 7) is 2.84. The van der Waals surface area contributed by atoms with Crippen molar-refractivity contribution in [3.05, 3.63) is 0 Å². The van der Waals surface area contributed by atoms with Crippen LogP contribution in [0, 0.1) is 0 Å². The summed E-state index contributed by atoms with van der Waals surface area (Å²) in [5, 5.41) is 16.1. The minimum Gasteiger partial charge on any atom is -0.480 e. The molecule has 14 heteroatoms. The number of amides is 4. The maximum Gasteiger partial charge on any atom is 0.325 e. The van der Waals surface area contributed by atoms with E-state index in [1.54, 1.807) is 0 Å². The molecular weight excluding hydrogens is 412 g/mol. The minimum absolute atomic E-state index is 0.0739. The molecule has 0 aromatic carbocycles. The van der Waals surface area contributed by atoms with Crippen LogP contribution in [0.15, 0.2) is 4.99 Å². The molecule has 0 aliphatic heterocycles. The van der Waals surface area contributed by atoms with Crippen LogP contribution < -0.4 is 38.9 Å². The van der Waals surface area contributed by atoms with Crippen LogP contribution in [-0.2, 0) is 24.0 Å². The first-order chi connectivity index (χ1) is 14.3. The van der Waals surface area contributed by atoms with Crippen molar-refractivity contribution in [1.82, 2.24) is 16.0 Å². The number of carbonyl (C=O) groups excluding carboxylic acids is 4. The van der Waals surface area contributed by atoms with Gasteiger partial charge in [-0.25, -0.2) is 0 Å². The fourth-order valence-electron chi connectivity index (χ4n) is 2.28. The van der Waals surface area contributed by atoms with Gasteiger partial charge in [-0.1, -0.05) is 0 Å². The van der Waals surface area contributed by atoms with Gasteiger partial charge < -0.3 is 44.0 Å². The standard InChI is InChI=1S/C17H32N8O6/c1-8(18)13(27)24-11(5-6-12(19)26)15(29)25-10(4-3-7-22-17(20)21)14(28)23-9(2)16(30)31/h8-11H,3-7,18H2,1-2H3,(H2,19,26)(H,23,28)(H,24,27)(H,25,29)(H,30,31)(H4,20,21,22). The number of nitrogens with one attached hydrogen (secondary N) is 3. The van der Waals surface area contributed by atoms with Crippen LogP contribution in [0.3, 0.4) is 0 Å². The second kappa shape index (κ2) is 13.7. The number of guanidine groups is 1. The van der Waals surface area contributed by atoms with Gasteiger partial charge in [-0.2, -0.15) is 0 Å². The first-order valence-corrected chi connectivity index (χ1v) is 9.58. The van der Waals surface area contributed by atoms with Crippen molar-refractivity contribution in [3.8, 4) is 0 Å². The Labute approximate surface area is 179 Å². The van der Waals surface area contributed by atoms with Gasteiger partial charge in [-0.05, 0) is 33.1 Å². The highest BCUT2D eigenvalue weighted by atomic mass is 16.4. The smallest absolute Gasteiger partial charge is 0.325 e. The Hall–Kier alpha value is -3.42. The van der Waals surface area contributed by atoms with E-state index in [9.17, 15) is 24.0 Å². The van der Waals surface area contributed by atoms with Crippen LogP contribution in [-0.4, -0.2) is 71.4 Å². The van der Waals surface area contributed by atoms with Crippen molar-refractivity contribution in [3.63, 3.8) is 0 Å². The average Bonchev–Trinajstić information content (AvgIpc) is 2.66. The molecule has 0 aromatic rings. The number of hydrogen-bond donors (Lipinski definition) is 8. The molecule has 0 aliphatic carbocycles. The quantitative estimate of drug-likeness (QED) is 0.0741. The van der Waals surface area contributed by atoms with Gasteiger partial charge in [0.1, 0.15) is 18.1 Å². The van der Waals surface area contributed by atoms with E-state index >= 15 is 0 Å². The number of nitrogens with zero attached hydrogens (tertiary/aromatic N) is 1. The molecule has 176 valence electrons. The van der Waals surface area contributed by atoms with Gasteiger partial charge in [0.2, 0.25) is 23.6 Å². The van der Waals surface area contributed by atoms with Gasteiger partial charge in [-0.15, -0.1) is 0 Å². The van der Waals surface area contributed by atoms with E-state index in [-0.39, 0.29) is 38.2 Å². The lowest BCUT2D eigenvalue weighted by atomic mass is 10.1. The molecule has 4 amide bonds. The number of rotatable bonds is 14. The van der Waals surface area contributed by atoms with Crippen LogP contribution >= 0.6 is 0 Å². The zero-order chi connectivity index (χ0) is 24.1. The SMILES string of the molecule is CC(N)C(=O)NC(CCC(N)=O)C(=O)NC(CCCN=C(N)N)C(=O)NC(C)C(=O)O. The number of carbonyl (C=O) groups is 5. The number of carboxylic acids is 1. The third-order valence-corrected chi connectivity index (χ3v) is 4.03. The van der Waals surface area contributed by atoms with Gasteiger partial charge >= 0.3 is 5.97 Å². The Kier molecular flexibility index (Phi) is 12.2. The van der Waals surface area contributed by atoms with Crippen LogP contribution in [0.25, 0.3) is 0 Å².